The van der Waals surface area contributed by atoms with Crippen molar-refractivity contribution in [3.63, 3.8) is 0 Å². The third kappa shape index (κ3) is 2.87. The van der Waals surface area contributed by atoms with Crippen molar-refractivity contribution in [1.82, 2.24) is 0 Å². The standard InChI is InChI=1S/C9H6FNO4/c10-7-5-6(2-4-9(12)13)1-3-8(7)11(14)15/h1-5H,(H,12,13). The fraction of sp³-hybridized carbons (Fsp3) is 0. The third-order valence-electron chi connectivity index (χ3n) is 1.59. The van der Waals surface area contributed by atoms with Gasteiger partial charge in [-0.1, -0.05) is 0 Å². The molecule has 78 valence electrons. The molecule has 0 aliphatic rings. The summed E-state index contributed by atoms with van der Waals surface area (Å²) in [5, 5.41) is 18.6. The van der Waals surface area contributed by atoms with Gasteiger partial charge in [0.25, 0.3) is 0 Å². The molecule has 0 aliphatic heterocycles. The molecule has 6 heteroatoms. The lowest BCUT2D eigenvalue weighted by Crippen LogP contribution is -1.92. The van der Waals surface area contributed by atoms with E-state index in [2.05, 4.69) is 0 Å². The van der Waals surface area contributed by atoms with E-state index in [-0.39, 0.29) is 5.56 Å². The summed E-state index contributed by atoms with van der Waals surface area (Å²) < 4.78 is 13.0. The molecule has 0 heterocycles. The highest BCUT2D eigenvalue weighted by Gasteiger charge is 2.12. The summed E-state index contributed by atoms with van der Waals surface area (Å²) >= 11 is 0. The molecule has 0 radical (unpaired) electrons. The van der Waals surface area contributed by atoms with Crippen molar-refractivity contribution in [3.8, 4) is 0 Å². The van der Waals surface area contributed by atoms with E-state index in [1.807, 2.05) is 0 Å². The molecule has 0 atom stereocenters. The van der Waals surface area contributed by atoms with E-state index in [9.17, 15) is 19.3 Å². The van der Waals surface area contributed by atoms with Crippen LogP contribution in [0.1, 0.15) is 5.56 Å². The highest BCUT2D eigenvalue weighted by Crippen LogP contribution is 2.18. The van der Waals surface area contributed by atoms with Crippen LogP contribution in [0.15, 0.2) is 24.3 Å². The molecule has 0 bridgehead atoms. The number of nitrogens with zero attached hydrogens (tertiary/aromatic N) is 1. The first-order valence-corrected chi connectivity index (χ1v) is 3.85. The summed E-state index contributed by atoms with van der Waals surface area (Å²) in [5.74, 6) is -2.17. The maximum atomic E-state index is 13.0. The third-order valence-corrected chi connectivity index (χ3v) is 1.59. The average Bonchev–Trinajstić information content (AvgIpc) is 2.14. The Kier molecular flexibility index (Phi) is 3.12. The molecule has 1 aromatic carbocycles. The Labute approximate surface area is 83.6 Å². The fourth-order valence-corrected chi connectivity index (χ4v) is 0.942. The Hall–Kier alpha value is -2.24. The van der Waals surface area contributed by atoms with Gasteiger partial charge in [0, 0.05) is 12.1 Å². The summed E-state index contributed by atoms with van der Waals surface area (Å²) in [5.41, 5.74) is -0.386. The van der Waals surface area contributed by atoms with Gasteiger partial charge in [0.15, 0.2) is 0 Å². The van der Waals surface area contributed by atoms with Gasteiger partial charge in [0.2, 0.25) is 5.82 Å². The second-order valence-corrected chi connectivity index (χ2v) is 2.64. The van der Waals surface area contributed by atoms with E-state index < -0.39 is 22.4 Å². The van der Waals surface area contributed by atoms with Gasteiger partial charge in [-0.25, -0.2) is 4.79 Å². The van der Waals surface area contributed by atoms with Crippen LogP contribution in [-0.4, -0.2) is 16.0 Å². The van der Waals surface area contributed by atoms with Crippen LogP contribution in [0.5, 0.6) is 0 Å². The van der Waals surface area contributed by atoms with Crippen molar-refractivity contribution in [2.24, 2.45) is 0 Å². The van der Waals surface area contributed by atoms with Crippen molar-refractivity contribution in [2.45, 2.75) is 0 Å². The van der Waals surface area contributed by atoms with Crippen molar-refractivity contribution >= 4 is 17.7 Å². The van der Waals surface area contributed by atoms with Crippen LogP contribution >= 0.6 is 0 Å². The number of carboxylic acids is 1. The number of carboxylic acid groups (broad SMARTS) is 1. The van der Waals surface area contributed by atoms with Gasteiger partial charge in [-0.2, -0.15) is 4.39 Å². The molecule has 0 saturated carbocycles. The molecule has 0 spiro atoms. The largest absolute Gasteiger partial charge is 0.478 e. The molecule has 0 amide bonds. The molecular weight excluding hydrogens is 205 g/mol. The summed E-state index contributed by atoms with van der Waals surface area (Å²) in [4.78, 5) is 19.5. The van der Waals surface area contributed by atoms with Crippen LogP contribution in [0.25, 0.3) is 6.08 Å². The highest BCUT2D eigenvalue weighted by atomic mass is 19.1. The summed E-state index contributed by atoms with van der Waals surface area (Å²) in [6.07, 6.45) is 1.97. The van der Waals surface area contributed by atoms with E-state index in [0.717, 1.165) is 24.3 Å². The lowest BCUT2D eigenvalue weighted by Gasteiger charge is -1.95. The zero-order chi connectivity index (χ0) is 11.4. The van der Waals surface area contributed by atoms with Crippen molar-refractivity contribution in [2.75, 3.05) is 0 Å². The smallest absolute Gasteiger partial charge is 0.328 e. The zero-order valence-electron chi connectivity index (χ0n) is 7.38. The van der Waals surface area contributed by atoms with Crippen molar-refractivity contribution in [1.29, 1.82) is 0 Å². The Morgan fingerprint density at radius 1 is 1.53 bits per heavy atom. The summed E-state index contributed by atoms with van der Waals surface area (Å²) in [7, 11) is 0. The van der Waals surface area contributed by atoms with Gasteiger partial charge in [-0.15, -0.1) is 0 Å². The quantitative estimate of drug-likeness (QED) is 0.469. The lowest BCUT2D eigenvalue weighted by molar-refractivity contribution is -0.387. The minimum absolute atomic E-state index is 0.250. The van der Waals surface area contributed by atoms with E-state index in [1.165, 1.54) is 6.07 Å². The second-order valence-electron chi connectivity index (χ2n) is 2.64. The van der Waals surface area contributed by atoms with E-state index in [0.29, 0.717) is 0 Å². The van der Waals surface area contributed by atoms with E-state index in [4.69, 9.17) is 5.11 Å². The second kappa shape index (κ2) is 4.32. The molecule has 1 N–H and O–H groups in total. The van der Waals surface area contributed by atoms with Gasteiger partial charge < -0.3 is 5.11 Å². The molecule has 0 aromatic heterocycles. The van der Waals surface area contributed by atoms with Gasteiger partial charge >= 0.3 is 11.7 Å². The molecule has 0 aliphatic carbocycles. The number of hydrogen-bond donors (Lipinski definition) is 1. The molecule has 0 unspecified atom stereocenters. The van der Waals surface area contributed by atoms with Crippen LogP contribution in [0.3, 0.4) is 0 Å². The van der Waals surface area contributed by atoms with Crippen LogP contribution in [0.4, 0.5) is 10.1 Å². The summed E-state index contributed by atoms with van der Waals surface area (Å²) in [6.45, 7) is 0. The van der Waals surface area contributed by atoms with Gasteiger partial charge in [0.1, 0.15) is 0 Å². The SMILES string of the molecule is O=C(O)C=Cc1ccc([N+](=O)[O-])c(F)c1. The number of carbonyl (C=O) groups is 1. The Morgan fingerprint density at radius 3 is 2.67 bits per heavy atom. The van der Waals surface area contributed by atoms with Crippen LogP contribution in [-0.2, 0) is 4.79 Å². The number of hydrogen-bond acceptors (Lipinski definition) is 3. The number of benzene rings is 1. The van der Waals surface area contributed by atoms with Crippen LogP contribution in [0, 0.1) is 15.9 Å². The molecular formula is C9H6FNO4. The minimum Gasteiger partial charge on any atom is -0.478 e. The lowest BCUT2D eigenvalue weighted by atomic mass is 10.2. The van der Waals surface area contributed by atoms with Gasteiger partial charge in [-0.3, -0.25) is 10.1 Å². The average molecular weight is 211 g/mol. The Morgan fingerprint density at radius 2 is 2.20 bits per heavy atom. The number of nitro benzene ring substituents is 1. The number of rotatable bonds is 3. The molecule has 15 heavy (non-hydrogen) atoms. The molecule has 1 aromatic rings. The first-order chi connectivity index (χ1) is 7.00. The maximum Gasteiger partial charge on any atom is 0.328 e. The zero-order valence-corrected chi connectivity index (χ0v) is 7.38. The monoisotopic (exact) mass is 211 g/mol. The van der Waals surface area contributed by atoms with Crippen LogP contribution in [0.2, 0.25) is 0 Å². The fourth-order valence-electron chi connectivity index (χ4n) is 0.942. The summed E-state index contributed by atoms with van der Waals surface area (Å²) in [6, 6.07) is 3.15. The van der Waals surface area contributed by atoms with Crippen molar-refractivity contribution in [3.05, 3.63) is 45.8 Å². The molecule has 5 nitrogen and oxygen atoms in total. The van der Waals surface area contributed by atoms with Gasteiger partial charge in [0.05, 0.1) is 4.92 Å². The van der Waals surface area contributed by atoms with Gasteiger partial charge in [-0.05, 0) is 23.8 Å². The van der Waals surface area contributed by atoms with E-state index in [1.54, 1.807) is 0 Å². The maximum absolute atomic E-state index is 13.0. The highest BCUT2D eigenvalue weighted by molar-refractivity contribution is 5.85. The number of halogens is 1. The number of aliphatic carboxylic acids is 1. The minimum atomic E-state index is -1.17. The van der Waals surface area contributed by atoms with Crippen LogP contribution < -0.4 is 0 Å². The molecule has 0 fully saturated rings. The Bertz CT molecular complexity index is 442. The predicted molar refractivity (Wildman–Crippen MR) is 49.7 cm³/mol. The normalized spacial score (nSPS) is 10.5. The first kappa shape index (κ1) is 10.8. The molecule has 1 rings (SSSR count). The first-order valence-electron chi connectivity index (χ1n) is 3.85. The Balaban J connectivity index is 3.01. The predicted octanol–water partition coefficient (Wildman–Crippen LogP) is 1.83. The number of nitro groups is 1. The van der Waals surface area contributed by atoms with Crippen molar-refractivity contribution < 1.29 is 19.2 Å². The van der Waals surface area contributed by atoms with E-state index >= 15 is 0 Å². The topological polar surface area (TPSA) is 80.4 Å². The molecule has 0 saturated heterocycles.